The molecule has 0 aromatic heterocycles. The quantitative estimate of drug-likeness (QED) is 0.760. The van der Waals surface area contributed by atoms with Crippen LogP contribution in [0.2, 0.25) is 0 Å². The molecular formula is C10H17ClN2O2. The summed E-state index contributed by atoms with van der Waals surface area (Å²) in [4.78, 5) is 22.5. The second-order valence-corrected chi connectivity index (χ2v) is 4.76. The molecule has 0 aliphatic rings. The summed E-state index contributed by atoms with van der Waals surface area (Å²) in [6.07, 6.45) is 0. The van der Waals surface area contributed by atoms with Gasteiger partial charge in [-0.05, 0) is 0 Å². The van der Waals surface area contributed by atoms with Crippen molar-refractivity contribution in [2.45, 2.75) is 20.8 Å². The van der Waals surface area contributed by atoms with Gasteiger partial charge in [-0.3, -0.25) is 9.59 Å². The number of halogens is 1. The van der Waals surface area contributed by atoms with Crippen molar-refractivity contribution in [2.75, 3.05) is 13.1 Å². The van der Waals surface area contributed by atoms with Crippen LogP contribution in [0.25, 0.3) is 0 Å². The first-order valence-electron chi connectivity index (χ1n) is 4.61. The first kappa shape index (κ1) is 14.0. The fourth-order valence-electron chi connectivity index (χ4n) is 0.683. The summed E-state index contributed by atoms with van der Waals surface area (Å²) in [6.45, 7) is 8.93. The van der Waals surface area contributed by atoms with Gasteiger partial charge in [0.1, 0.15) is 0 Å². The smallest absolute Gasteiger partial charge is 0.239 e. The molecule has 86 valence electrons. The highest BCUT2D eigenvalue weighted by molar-refractivity contribution is 6.29. The highest BCUT2D eigenvalue weighted by Crippen LogP contribution is 2.11. The van der Waals surface area contributed by atoms with Crippen LogP contribution in [-0.2, 0) is 9.59 Å². The molecule has 0 bridgehead atoms. The molecule has 0 aromatic carbocycles. The minimum Gasteiger partial charge on any atom is -0.350 e. The van der Waals surface area contributed by atoms with Crippen LogP contribution in [0.4, 0.5) is 0 Å². The molecule has 0 radical (unpaired) electrons. The third-order valence-corrected chi connectivity index (χ3v) is 1.70. The molecule has 15 heavy (non-hydrogen) atoms. The van der Waals surface area contributed by atoms with Crippen molar-refractivity contribution in [1.82, 2.24) is 10.6 Å². The zero-order chi connectivity index (χ0) is 12.1. The van der Waals surface area contributed by atoms with Crippen molar-refractivity contribution < 1.29 is 9.59 Å². The average molecular weight is 233 g/mol. The van der Waals surface area contributed by atoms with Gasteiger partial charge < -0.3 is 10.6 Å². The minimum absolute atomic E-state index is 0.0414. The van der Waals surface area contributed by atoms with E-state index in [0.717, 1.165) is 0 Å². The van der Waals surface area contributed by atoms with Crippen LogP contribution >= 0.6 is 11.6 Å². The van der Waals surface area contributed by atoms with E-state index in [2.05, 4.69) is 17.2 Å². The molecule has 5 heteroatoms. The van der Waals surface area contributed by atoms with E-state index in [4.69, 9.17) is 11.6 Å². The molecule has 0 unspecified atom stereocenters. The molecule has 0 spiro atoms. The Bertz CT molecular complexity index is 269. The van der Waals surface area contributed by atoms with E-state index >= 15 is 0 Å². The van der Waals surface area contributed by atoms with E-state index in [9.17, 15) is 9.59 Å². The van der Waals surface area contributed by atoms with Gasteiger partial charge in [-0.15, -0.1) is 0 Å². The van der Waals surface area contributed by atoms with E-state index in [0.29, 0.717) is 5.03 Å². The van der Waals surface area contributed by atoms with Crippen LogP contribution < -0.4 is 10.6 Å². The molecule has 0 fully saturated rings. The predicted octanol–water partition coefficient (Wildman–Crippen LogP) is 1.02. The first-order chi connectivity index (χ1) is 6.73. The summed E-state index contributed by atoms with van der Waals surface area (Å²) in [7, 11) is 0. The summed E-state index contributed by atoms with van der Waals surface area (Å²) in [5, 5.41) is 5.38. The lowest BCUT2D eigenvalue weighted by Gasteiger charge is -2.17. The Kier molecular flexibility index (Phi) is 5.36. The van der Waals surface area contributed by atoms with Crippen LogP contribution in [-0.4, -0.2) is 24.9 Å². The lowest BCUT2D eigenvalue weighted by Crippen LogP contribution is -2.41. The average Bonchev–Trinajstić information content (AvgIpc) is 2.09. The normalized spacial score (nSPS) is 10.7. The number of carbonyl (C=O) groups excluding carboxylic acids is 2. The Balaban J connectivity index is 3.82. The van der Waals surface area contributed by atoms with Gasteiger partial charge in [-0.1, -0.05) is 39.0 Å². The van der Waals surface area contributed by atoms with Crippen LogP contribution in [0, 0.1) is 5.41 Å². The van der Waals surface area contributed by atoms with Crippen molar-refractivity contribution in [3.8, 4) is 0 Å². The SMILES string of the molecule is C=C(Cl)CNC(=O)CNC(=O)C(C)(C)C. The van der Waals surface area contributed by atoms with Gasteiger partial charge in [0, 0.05) is 10.4 Å². The number of rotatable bonds is 4. The van der Waals surface area contributed by atoms with Crippen molar-refractivity contribution >= 4 is 23.4 Å². The van der Waals surface area contributed by atoms with Gasteiger partial charge in [0.25, 0.3) is 0 Å². The first-order valence-corrected chi connectivity index (χ1v) is 4.99. The molecule has 0 heterocycles. The topological polar surface area (TPSA) is 58.2 Å². The number of nitrogens with one attached hydrogen (secondary N) is 2. The van der Waals surface area contributed by atoms with Gasteiger partial charge in [-0.25, -0.2) is 0 Å². The third-order valence-electron chi connectivity index (χ3n) is 1.57. The van der Waals surface area contributed by atoms with Gasteiger partial charge in [0.15, 0.2) is 0 Å². The van der Waals surface area contributed by atoms with E-state index in [1.807, 2.05) is 0 Å². The highest BCUT2D eigenvalue weighted by atomic mass is 35.5. The highest BCUT2D eigenvalue weighted by Gasteiger charge is 2.21. The van der Waals surface area contributed by atoms with Gasteiger partial charge in [0.05, 0.1) is 13.1 Å². The molecule has 0 rings (SSSR count). The summed E-state index contributed by atoms with van der Waals surface area (Å²) >= 11 is 5.46. The summed E-state index contributed by atoms with van der Waals surface area (Å²) in [5.41, 5.74) is -0.490. The second kappa shape index (κ2) is 5.75. The Morgan fingerprint density at radius 2 is 1.73 bits per heavy atom. The Labute approximate surface area is 95.1 Å². The maximum Gasteiger partial charge on any atom is 0.239 e. The molecule has 0 aromatic rings. The maximum absolute atomic E-state index is 11.4. The Hall–Kier alpha value is -1.03. The predicted molar refractivity (Wildman–Crippen MR) is 60.5 cm³/mol. The fourth-order valence-corrected chi connectivity index (χ4v) is 0.750. The number of carbonyl (C=O) groups is 2. The number of hydrogen-bond acceptors (Lipinski definition) is 2. The van der Waals surface area contributed by atoms with Crippen LogP contribution in [0.1, 0.15) is 20.8 Å². The standard InChI is InChI=1S/C10H17ClN2O2/c1-7(11)5-12-8(14)6-13-9(15)10(2,3)4/h1,5-6H2,2-4H3,(H,12,14)(H,13,15). The monoisotopic (exact) mass is 232 g/mol. The zero-order valence-electron chi connectivity index (χ0n) is 9.32. The molecule has 0 saturated heterocycles. The molecular weight excluding hydrogens is 216 g/mol. The molecule has 0 aliphatic heterocycles. The largest absolute Gasteiger partial charge is 0.350 e. The lowest BCUT2D eigenvalue weighted by atomic mass is 9.96. The fraction of sp³-hybridized carbons (Fsp3) is 0.600. The van der Waals surface area contributed by atoms with E-state index in [1.165, 1.54) is 0 Å². The minimum atomic E-state index is -0.490. The second-order valence-electron chi connectivity index (χ2n) is 4.23. The van der Waals surface area contributed by atoms with Gasteiger partial charge in [-0.2, -0.15) is 0 Å². The molecule has 0 saturated carbocycles. The number of amides is 2. The maximum atomic E-state index is 11.4. The molecule has 0 aliphatic carbocycles. The third kappa shape index (κ3) is 6.96. The van der Waals surface area contributed by atoms with Crippen molar-refractivity contribution in [1.29, 1.82) is 0 Å². The molecule has 0 atom stereocenters. The Morgan fingerprint density at radius 3 is 2.13 bits per heavy atom. The number of hydrogen-bond donors (Lipinski definition) is 2. The molecule has 2 amide bonds. The van der Waals surface area contributed by atoms with Gasteiger partial charge in [0.2, 0.25) is 11.8 Å². The van der Waals surface area contributed by atoms with Crippen molar-refractivity contribution in [3.63, 3.8) is 0 Å². The summed E-state index contributed by atoms with van der Waals surface area (Å²) < 4.78 is 0. The molecule has 4 nitrogen and oxygen atoms in total. The molecule has 2 N–H and O–H groups in total. The van der Waals surface area contributed by atoms with Gasteiger partial charge >= 0.3 is 0 Å². The summed E-state index contributed by atoms with van der Waals surface area (Å²) in [5.74, 6) is -0.447. The van der Waals surface area contributed by atoms with E-state index in [-0.39, 0.29) is 24.9 Å². The lowest BCUT2D eigenvalue weighted by molar-refractivity contribution is -0.131. The van der Waals surface area contributed by atoms with E-state index in [1.54, 1.807) is 20.8 Å². The van der Waals surface area contributed by atoms with Crippen LogP contribution in [0.5, 0.6) is 0 Å². The van der Waals surface area contributed by atoms with E-state index < -0.39 is 5.41 Å². The zero-order valence-corrected chi connectivity index (χ0v) is 10.1. The van der Waals surface area contributed by atoms with Crippen LogP contribution in [0.3, 0.4) is 0 Å². The van der Waals surface area contributed by atoms with Crippen LogP contribution in [0.15, 0.2) is 11.6 Å². The van der Waals surface area contributed by atoms with Crippen molar-refractivity contribution in [2.24, 2.45) is 5.41 Å². The summed E-state index contributed by atoms with van der Waals surface area (Å²) in [6, 6.07) is 0. The Morgan fingerprint density at radius 1 is 1.20 bits per heavy atom. The van der Waals surface area contributed by atoms with Crippen molar-refractivity contribution in [3.05, 3.63) is 11.6 Å².